The van der Waals surface area contributed by atoms with Gasteiger partial charge in [-0.1, -0.05) is 30.4 Å². The molecule has 0 saturated carbocycles. The van der Waals surface area contributed by atoms with Gasteiger partial charge in [-0.3, -0.25) is 9.59 Å². The van der Waals surface area contributed by atoms with Gasteiger partial charge in [0.1, 0.15) is 5.82 Å². The van der Waals surface area contributed by atoms with Crippen LogP contribution in [0.3, 0.4) is 0 Å². The average Bonchev–Trinajstić information content (AvgIpc) is 3.03. The molecule has 4 aromatic rings. The molecule has 4 rings (SSSR count). The number of hydrogen-bond acceptors (Lipinski definition) is 6. The van der Waals surface area contributed by atoms with Crippen molar-refractivity contribution >= 4 is 47.3 Å². The number of nitrogens with one attached hydrogen (secondary N) is 1. The Labute approximate surface area is 242 Å². The number of rotatable bonds is 8. The molecular weight excluding hydrogens is 539 g/mol. The van der Waals surface area contributed by atoms with Crippen molar-refractivity contribution in [2.24, 2.45) is 0 Å². The molecule has 0 unspecified atom stereocenters. The van der Waals surface area contributed by atoms with Gasteiger partial charge in [0.05, 0.1) is 31.0 Å². The highest BCUT2D eigenvalue weighted by atomic mass is 19.1. The zero-order valence-electron chi connectivity index (χ0n) is 23.1. The molecule has 0 atom stereocenters. The molecule has 0 heterocycles. The first kappa shape index (κ1) is 29.4. The number of benzene rings is 4. The fraction of sp³-hybridized carbons (Fsp3) is 0.0909. The zero-order valence-corrected chi connectivity index (χ0v) is 23.1. The van der Waals surface area contributed by atoms with Gasteiger partial charge >= 0.3 is 11.9 Å². The Morgan fingerprint density at radius 1 is 0.690 bits per heavy atom. The van der Waals surface area contributed by atoms with Crippen LogP contribution >= 0.6 is 0 Å². The molecule has 0 bridgehead atoms. The summed E-state index contributed by atoms with van der Waals surface area (Å²) in [6.07, 6.45) is 3.53. The van der Waals surface area contributed by atoms with Crippen LogP contribution in [-0.2, 0) is 9.47 Å². The number of hydrogen-bond donors (Lipinski definition) is 1. The molecule has 42 heavy (non-hydrogen) atoms. The van der Waals surface area contributed by atoms with E-state index in [1.54, 1.807) is 73.8 Å². The number of carbonyl (C=O) groups is 4. The first-order valence-electron chi connectivity index (χ1n) is 12.7. The largest absolute Gasteiger partial charge is 0.465 e. The topological polar surface area (TPSA) is 102 Å². The summed E-state index contributed by atoms with van der Waals surface area (Å²) in [7, 11) is 4.13. The van der Waals surface area contributed by atoms with Gasteiger partial charge < -0.3 is 19.7 Å². The lowest BCUT2D eigenvalue weighted by atomic mass is 10.1. The molecule has 0 fully saturated rings. The van der Waals surface area contributed by atoms with Crippen molar-refractivity contribution in [1.29, 1.82) is 0 Å². The quantitative estimate of drug-likeness (QED) is 0.204. The Morgan fingerprint density at radius 2 is 1.24 bits per heavy atom. The highest BCUT2D eigenvalue weighted by molar-refractivity contribution is 6.09. The van der Waals surface area contributed by atoms with E-state index in [0.717, 1.165) is 5.56 Å². The van der Waals surface area contributed by atoms with Crippen LogP contribution in [0.15, 0.2) is 91.0 Å². The van der Waals surface area contributed by atoms with Crippen molar-refractivity contribution in [2.75, 3.05) is 31.5 Å². The van der Waals surface area contributed by atoms with Crippen molar-refractivity contribution in [2.45, 2.75) is 0 Å². The summed E-state index contributed by atoms with van der Waals surface area (Å²) in [5.41, 5.74) is 3.43. The van der Waals surface area contributed by atoms with Gasteiger partial charge in [-0.05, 0) is 83.9 Å². The fourth-order valence-corrected chi connectivity index (χ4v) is 4.03. The van der Waals surface area contributed by atoms with Crippen LogP contribution in [0.5, 0.6) is 0 Å². The lowest BCUT2D eigenvalue weighted by molar-refractivity contribution is 0.0592. The third kappa shape index (κ3) is 6.95. The van der Waals surface area contributed by atoms with Gasteiger partial charge in [0, 0.05) is 23.9 Å². The molecule has 0 spiro atoms. The number of amides is 2. The summed E-state index contributed by atoms with van der Waals surface area (Å²) < 4.78 is 22.7. The average molecular weight is 567 g/mol. The van der Waals surface area contributed by atoms with E-state index < -0.39 is 17.8 Å². The smallest absolute Gasteiger partial charge is 0.339 e. The molecular formula is C33H27FN2O6. The third-order valence-electron chi connectivity index (χ3n) is 6.41. The number of carbonyl (C=O) groups excluding carboxylic acids is 4. The van der Waals surface area contributed by atoms with Crippen molar-refractivity contribution in [1.82, 2.24) is 0 Å². The minimum atomic E-state index is -0.627. The van der Waals surface area contributed by atoms with E-state index in [4.69, 9.17) is 4.74 Å². The van der Waals surface area contributed by atoms with Crippen LogP contribution in [0.2, 0.25) is 0 Å². The molecule has 9 heteroatoms. The first-order valence-corrected chi connectivity index (χ1v) is 12.7. The molecule has 2 amide bonds. The normalized spacial score (nSPS) is 10.7. The molecule has 1 N–H and O–H groups in total. The fourth-order valence-electron chi connectivity index (χ4n) is 4.03. The molecule has 4 aromatic carbocycles. The highest BCUT2D eigenvalue weighted by Gasteiger charge is 2.18. The van der Waals surface area contributed by atoms with Crippen LogP contribution in [0.1, 0.15) is 52.6 Å². The van der Waals surface area contributed by atoms with Crippen LogP contribution < -0.4 is 10.2 Å². The third-order valence-corrected chi connectivity index (χ3v) is 6.41. The number of nitrogens with zero attached hydrogens (tertiary/aromatic N) is 1. The predicted molar refractivity (Wildman–Crippen MR) is 158 cm³/mol. The molecule has 0 aliphatic heterocycles. The maximum atomic E-state index is 13.2. The summed E-state index contributed by atoms with van der Waals surface area (Å²) in [5.74, 6) is -2.23. The molecule has 0 aromatic heterocycles. The summed E-state index contributed by atoms with van der Waals surface area (Å²) in [5, 5.41) is 2.74. The second kappa shape index (κ2) is 13.2. The molecule has 0 aliphatic carbocycles. The summed E-state index contributed by atoms with van der Waals surface area (Å²) in [4.78, 5) is 51.5. The number of halogens is 1. The van der Waals surface area contributed by atoms with Gasteiger partial charge in [-0.15, -0.1) is 0 Å². The number of ether oxygens (including phenoxy) is 2. The predicted octanol–water partition coefficient (Wildman–Crippen LogP) is 6.10. The van der Waals surface area contributed by atoms with Gasteiger partial charge in [-0.2, -0.15) is 0 Å². The minimum Gasteiger partial charge on any atom is -0.465 e. The van der Waals surface area contributed by atoms with Crippen molar-refractivity contribution in [3.63, 3.8) is 0 Å². The van der Waals surface area contributed by atoms with Gasteiger partial charge in [-0.25, -0.2) is 14.0 Å². The first-order chi connectivity index (χ1) is 20.2. The van der Waals surface area contributed by atoms with Gasteiger partial charge in [0.2, 0.25) is 0 Å². The Bertz CT molecular complexity index is 1650. The van der Waals surface area contributed by atoms with Crippen LogP contribution in [-0.4, -0.2) is 45.0 Å². The van der Waals surface area contributed by atoms with E-state index in [0.29, 0.717) is 27.9 Å². The number of esters is 2. The maximum Gasteiger partial charge on any atom is 0.339 e. The van der Waals surface area contributed by atoms with Crippen molar-refractivity contribution < 1.29 is 33.0 Å². The zero-order chi connectivity index (χ0) is 30.2. The van der Waals surface area contributed by atoms with E-state index in [-0.39, 0.29) is 23.0 Å². The van der Waals surface area contributed by atoms with E-state index in [9.17, 15) is 23.6 Å². The Morgan fingerprint density at radius 3 is 1.86 bits per heavy atom. The molecule has 212 valence electrons. The van der Waals surface area contributed by atoms with Crippen LogP contribution in [0.25, 0.3) is 12.2 Å². The van der Waals surface area contributed by atoms with E-state index in [2.05, 4.69) is 10.1 Å². The molecule has 0 saturated heterocycles. The number of anilines is 2. The van der Waals surface area contributed by atoms with Crippen molar-refractivity contribution in [3.8, 4) is 0 Å². The molecule has 8 nitrogen and oxygen atoms in total. The second-order valence-electron chi connectivity index (χ2n) is 9.12. The van der Waals surface area contributed by atoms with E-state index in [1.165, 1.54) is 55.5 Å². The van der Waals surface area contributed by atoms with Crippen LogP contribution in [0.4, 0.5) is 15.8 Å². The van der Waals surface area contributed by atoms with Crippen LogP contribution in [0, 0.1) is 5.82 Å². The second-order valence-corrected chi connectivity index (χ2v) is 9.12. The SMILES string of the molecule is COC(=O)c1ccc(C(=O)N(C)c2ccc(C(=O)Nc3ccc(C=Cc4ccc(F)cc4)cc3C(=O)OC)cc2)cc1. The number of methoxy groups -OCH3 is 2. The van der Waals surface area contributed by atoms with E-state index >= 15 is 0 Å². The molecule has 0 radical (unpaired) electrons. The minimum absolute atomic E-state index is 0.160. The Balaban J connectivity index is 1.47. The van der Waals surface area contributed by atoms with E-state index in [1.807, 2.05) is 0 Å². The van der Waals surface area contributed by atoms with Gasteiger partial charge in [0.25, 0.3) is 11.8 Å². The summed E-state index contributed by atoms with van der Waals surface area (Å²) >= 11 is 0. The summed E-state index contributed by atoms with van der Waals surface area (Å²) in [6, 6.07) is 23.3. The van der Waals surface area contributed by atoms with Gasteiger partial charge in [0.15, 0.2) is 0 Å². The standard InChI is InChI=1S/C33H27FN2O6/c1-36(31(38)24-9-11-25(12-10-24)32(39)41-2)27-17-13-23(14-18-27)30(37)35-29-19-8-22(20-28(29)33(40)42-3)5-4-21-6-15-26(34)16-7-21/h4-20H,1-3H3,(H,35,37). The Hall–Kier alpha value is -5.57. The monoisotopic (exact) mass is 566 g/mol. The maximum absolute atomic E-state index is 13.2. The Kier molecular flexibility index (Phi) is 9.24. The van der Waals surface area contributed by atoms with Crippen molar-refractivity contribution in [3.05, 3.63) is 130 Å². The lowest BCUT2D eigenvalue weighted by Crippen LogP contribution is -2.26. The summed E-state index contributed by atoms with van der Waals surface area (Å²) in [6.45, 7) is 0. The molecule has 0 aliphatic rings. The highest BCUT2D eigenvalue weighted by Crippen LogP contribution is 2.23. The lowest BCUT2D eigenvalue weighted by Gasteiger charge is -2.18.